The molecule has 1 N–H and O–H groups in total. The van der Waals surface area contributed by atoms with E-state index in [1.165, 1.54) is 12.3 Å². The van der Waals surface area contributed by atoms with Gasteiger partial charge in [-0.25, -0.2) is 0 Å². The molecule has 0 saturated carbocycles. The first kappa shape index (κ1) is 12.7. The Labute approximate surface area is 120 Å². The summed E-state index contributed by atoms with van der Waals surface area (Å²) < 4.78 is 4.92. The van der Waals surface area contributed by atoms with Gasteiger partial charge in [0.15, 0.2) is 0 Å². The van der Waals surface area contributed by atoms with Gasteiger partial charge in [0.25, 0.3) is 5.91 Å². The zero-order valence-corrected chi connectivity index (χ0v) is 11.4. The Kier molecular flexibility index (Phi) is 3.16. The number of amides is 1. The van der Waals surface area contributed by atoms with Crippen LogP contribution in [0.2, 0.25) is 5.22 Å². The number of para-hydroxylation sites is 1. The fraction of sp³-hybridized carbons (Fsp3) is 0.0667. The van der Waals surface area contributed by atoms with Gasteiger partial charge in [-0.15, -0.1) is 0 Å². The second-order valence-corrected chi connectivity index (χ2v) is 4.74. The van der Waals surface area contributed by atoms with Crippen molar-refractivity contribution in [3.05, 3.63) is 59.1 Å². The molecule has 3 rings (SSSR count). The van der Waals surface area contributed by atoms with Crippen LogP contribution in [-0.4, -0.2) is 10.9 Å². The number of halogens is 1. The fourth-order valence-electron chi connectivity index (χ4n) is 1.99. The largest absolute Gasteiger partial charge is 0.452 e. The molecule has 0 spiro atoms. The van der Waals surface area contributed by atoms with Crippen LogP contribution < -0.4 is 5.32 Å². The molecule has 0 bridgehead atoms. The Hall–Kier alpha value is -2.33. The van der Waals surface area contributed by atoms with Gasteiger partial charge in [0.05, 0.1) is 23.0 Å². The molecular weight excluding hydrogens is 276 g/mol. The molecule has 100 valence electrons. The lowest BCUT2D eigenvalue weighted by Gasteiger charge is -2.08. The summed E-state index contributed by atoms with van der Waals surface area (Å²) >= 11 is 5.80. The molecule has 0 radical (unpaired) electrons. The highest BCUT2D eigenvalue weighted by Gasteiger charge is 2.14. The van der Waals surface area contributed by atoms with Gasteiger partial charge in [-0.3, -0.25) is 9.78 Å². The van der Waals surface area contributed by atoms with Crippen LogP contribution in [0.4, 0.5) is 5.69 Å². The van der Waals surface area contributed by atoms with E-state index in [4.69, 9.17) is 16.0 Å². The van der Waals surface area contributed by atoms with E-state index < -0.39 is 0 Å². The summed E-state index contributed by atoms with van der Waals surface area (Å²) in [5, 5.41) is 3.85. The Morgan fingerprint density at radius 3 is 2.85 bits per heavy atom. The maximum atomic E-state index is 12.1. The highest BCUT2D eigenvalue weighted by atomic mass is 35.5. The number of rotatable bonds is 2. The summed E-state index contributed by atoms with van der Waals surface area (Å²) in [5.74, 6) is -0.320. The molecule has 3 aromatic rings. The minimum Gasteiger partial charge on any atom is -0.452 e. The minimum absolute atomic E-state index is 0.0758. The highest BCUT2D eigenvalue weighted by Crippen LogP contribution is 2.24. The number of furan rings is 1. The summed E-state index contributed by atoms with van der Waals surface area (Å²) in [7, 11) is 0. The first-order chi connectivity index (χ1) is 9.65. The van der Waals surface area contributed by atoms with Crippen LogP contribution in [0.1, 0.15) is 16.1 Å². The van der Waals surface area contributed by atoms with Crippen molar-refractivity contribution in [2.75, 3.05) is 5.32 Å². The molecule has 2 heterocycles. The average molecular weight is 287 g/mol. The van der Waals surface area contributed by atoms with Crippen molar-refractivity contribution in [3.63, 3.8) is 0 Å². The molecule has 0 unspecified atom stereocenters. The molecule has 0 fully saturated rings. The number of hydrogen-bond acceptors (Lipinski definition) is 3. The number of nitrogens with zero attached hydrogens (tertiary/aromatic N) is 1. The van der Waals surface area contributed by atoms with Crippen LogP contribution in [0.15, 0.2) is 47.1 Å². The van der Waals surface area contributed by atoms with E-state index in [0.29, 0.717) is 11.3 Å². The second-order valence-electron chi connectivity index (χ2n) is 4.39. The van der Waals surface area contributed by atoms with Gasteiger partial charge in [-0.1, -0.05) is 18.2 Å². The molecule has 0 saturated heterocycles. The Morgan fingerprint density at radius 1 is 1.25 bits per heavy atom. The molecule has 4 nitrogen and oxygen atoms in total. The number of anilines is 1. The third-order valence-corrected chi connectivity index (χ3v) is 3.26. The van der Waals surface area contributed by atoms with Crippen molar-refractivity contribution in [1.29, 1.82) is 0 Å². The van der Waals surface area contributed by atoms with E-state index in [2.05, 4.69) is 10.3 Å². The first-order valence-corrected chi connectivity index (χ1v) is 6.43. The first-order valence-electron chi connectivity index (χ1n) is 6.06. The zero-order chi connectivity index (χ0) is 14.1. The highest BCUT2D eigenvalue weighted by molar-refractivity contribution is 6.32. The number of hydrogen-bond donors (Lipinski definition) is 1. The quantitative estimate of drug-likeness (QED) is 0.773. The van der Waals surface area contributed by atoms with Gasteiger partial charge >= 0.3 is 0 Å². The fourth-order valence-corrected chi connectivity index (χ4v) is 2.19. The molecular formula is C15H11ClN2O2. The summed E-state index contributed by atoms with van der Waals surface area (Å²) in [4.78, 5) is 16.6. The maximum absolute atomic E-state index is 12.1. The molecule has 0 aliphatic rings. The standard InChI is InChI=1S/C15H11ClN2O2/c1-9-5-6-10-3-2-4-12(13(10)17-9)18-15(19)11-7-8-20-14(11)16/h2-8H,1H3,(H,18,19). The maximum Gasteiger partial charge on any atom is 0.260 e. The van der Waals surface area contributed by atoms with Gasteiger partial charge in [0, 0.05) is 11.1 Å². The third kappa shape index (κ3) is 2.26. The van der Waals surface area contributed by atoms with E-state index in [0.717, 1.165) is 16.6 Å². The number of aromatic nitrogens is 1. The molecule has 0 atom stereocenters. The van der Waals surface area contributed by atoms with Crippen LogP contribution >= 0.6 is 11.6 Å². The van der Waals surface area contributed by atoms with Gasteiger partial charge in [0.2, 0.25) is 5.22 Å². The Bertz CT molecular complexity index is 795. The number of pyridine rings is 1. The summed E-state index contributed by atoms with van der Waals surface area (Å²) in [6.45, 7) is 1.91. The molecule has 20 heavy (non-hydrogen) atoms. The SMILES string of the molecule is Cc1ccc2cccc(NC(=O)c3ccoc3Cl)c2n1. The van der Waals surface area contributed by atoms with Crippen LogP contribution in [0.3, 0.4) is 0 Å². The number of benzene rings is 1. The van der Waals surface area contributed by atoms with Gasteiger partial charge in [-0.2, -0.15) is 0 Å². The van der Waals surface area contributed by atoms with E-state index in [1.807, 2.05) is 31.2 Å². The smallest absolute Gasteiger partial charge is 0.260 e. The van der Waals surface area contributed by atoms with Crippen LogP contribution in [0.25, 0.3) is 10.9 Å². The predicted octanol–water partition coefficient (Wildman–Crippen LogP) is 4.04. The summed E-state index contributed by atoms with van der Waals surface area (Å²) in [5.41, 5.74) is 2.59. The molecule has 1 aromatic carbocycles. The molecule has 5 heteroatoms. The van der Waals surface area contributed by atoms with Crippen molar-refractivity contribution in [2.45, 2.75) is 6.92 Å². The van der Waals surface area contributed by atoms with Crippen LogP contribution in [-0.2, 0) is 0 Å². The van der Waals surface area contributed by atoms with Crippen molar-refractivity contribution in [1.82, 2.24) is 4.98 Å². The van der Waals surface area contributed by atoms with Gasteiger partial charge < -0.3 is 9.73 Å². The summed E-state index contributed by atoms with van der Waals surface area (Å²) in [6.07, 6.45) is 1.38. The number of aryl methyl sites for hydroxylation is 1. The average Bonchev–Trinajstić information content (AvgIpc) is 2.86. The van der Waals surface area contributed by atoms with E-state index >= 15 is 0 Å². The van der Waals surface area contributed by atoms with Crippen molar-refractivity contribution in [3.8, 4) is 0 Å². The topological polar surface area (TPSA) is 55.1 Å². The number of fused-ring (bicyclic) bond motifs is 1. The van der Waals surface area contributed by atoms with Gasteiger partial charge in [-0.05, 0) is 36.7 Å². The number of carbonyl (C=O) groups is 1. The lowest BCUT2D eigenvalue weighted by atomic mass is 10.1. The lowest BCUT2D eigenvalue weighted by Crippen LogP contribution is -2.12. The minimum atomic E-state index is -0.320. The predicted molar refractivity (Wildman–Crippen MR) is 78.2 cm³/mol. The van der Waals surface area contributed by atoms with Crippen molar-refractivity contribution in [2.24, 2.45) is 0 Å². The second kappa shape index (κ2) is 4.98. The van der Waals surface area contributed by atoms with Crippen LogP contribution in [0.5, 0.6) is 0 Å². The van der Waals surface area contributed by atoms with E-state index in [9.17, 15) is 4.79 Å². The molecule has 0 aliphatic carbocycles. The lowest BCUT2D eigenvalue weighted by molar-refractivity contribution is 0.102. The number of nitrogens with one attached hydrogen (secondary N) is 1. The normalized spacial score (nSPS) is 10.7. The van der Waals surface area contributed by atoms with Crippen molar-refractivity contribution < 1.29 is 9.21 Å². The van der Waals surface area contributed by atoms with Gasteiger partial charge in [0.1, 0.15) is 0 Å². The van der Waals surface area contributed by atoms with E-state index in [1.54, 1.807) is 6.07 Å². The third-order valence-electron chi connectivity index (χ3n) is 2.97. The monoisotopic (exact) mass is 286 g/mol. The van der Waals surface area contributed by atoms with E-state index in [-0.39, 0.29) is 11.1 Å². The molecule has 2 aromatic heterocycles. The molecule has 0 aliphatic heterocycles. The Balaban J connectivity index is 2.01. The summed E-state index contributed by atoms with van der Waals surface area (Å²) in [6, 6.07) is 11.1. The van der Waals surface area contributed by atoms with Crippen LogP contribution in [0, 0.1) is 6.92 Å². The zero-order valence-electron chi connectivity index (χ0n) is 10.7. The Morgan fingerprint density at radius 2 is 2.10 bits per heavy atom. The molecule has 1 amide bonds. The van der Waals surface area contributed by atoms with Crippen molar-refractivity contribution >= 4 is 34.1 Å². The number of carbonyl (C=O) groups excluding carboxylic acids is 1.